The van der Waals surface area contributed by atoms with Gasteiger partial charge in [-0.25, -0.2) is 0 Å². The molecule has 0 atom stereocenters. The molecule has 15 rings (SSSR count). The molecule has 78 heavy (non-hydrogen) atoms. The highest BCUT2D eigenvalue weighted by Gasteiger charge is 2.46. The first kappa shape index (κ1) is 41.1. The second-order valence-corrected chi connectivity index (χ2v) is 20.1. The van der Waals surface area contributed by atoms with Crippen LogP contribution in [0.3, 0.4) is 0 Å². The van der Waals surface area contributed by atoms with E-state index in [0.29, 0.717) is 5.56 Å². The van der Waals surface area contributed by atoms with E-state index in [1.807, 2.05) is 89.8 Å². The van der Waals surface area contributed by atoms with Gasteiger partial charge in [-0.3, -0.25) is 0 Å². The molecular formula is C75H51N3. The van der Waals surface area contributed by atoms with Crippen LogP contribution in [0.5, 0.6) is 0 Å². The van der Waals surface area contributed by atoms with E-state index in [0.717, 1.165) is 77.5 Å². The Labute approximate surface area is 460 Å². The lowest BCUT2D eigenvalue weighted by Gasteiger charge is -2.35. The minimum atomic E-state index is -0.650. The first-order chi connectivity index (χ1) is 40.4. The molecule has 366 valence electrons. The van der Waals surface area contributed by atoms with Gasteiger partial charge in [0.15, 0.2) is 0 Å². The highest BCUT2D eigenvalue weighted by atomic mass is 15.1. The maximum atomic E-state index is 9.93. The zero-order valence-corrected chi connectivity index (χ0v) is 42.5. The topological polar surface area (TPSA) is 11.4 Å². The van der Waals surface area contributed by atoms with E-state index < -0.39 is 5.41 Å². The Morgan fingerprint density at radius 2 is 0.859 bits per heavy atom. The van der Waals surface area contributed by atoms with Crippen molar-refractivity contribution in [3.63, 3.8) is 0 Å². The van der Waals surface area contributed by atoms with Crippen LogP contribution in [0.15, 0.2) is 309 Å². The van der Waals surface area contributed by atoms with Crippen molar-refractivity contribution in [3.8, 4) is 27.9 Å². The van der Waals surface area contributed by atoms with Crippen LogP contribution >= 0.6 is 0 Å². The summed E-state index contributed by atoms with van der Waals surface area (Å²) in [6.45, 7) is 0. The number of hydrogen-bond donors (Lipinski definition) is 0. The van der Waals surface area contributed by atoms with Crippen LogP contribution in [0, 0.1) is 0 Å². The average molecular weight is 998 g/mol. The van der Waals surface area contributed by atoms with E-state index >= 15 is 0 Å². The highest BCUT2D eigenvalue weighted by Crippen LogP contribution is 2.58. The maximum Gasteiger partial charge on any atom is 0.0714 e. The standard InChI is InChI=1S/C75H51N3/c1-5-23-55(24-6-1)75(56-25-7-2-8-26-56)70-36-17-15-31-65(70)66-47-45-62(51-71(66)75)77(61-46-48-74-69(50-61)68-32-16-18-37-73(68)78(74)58-29-11-4-12-30-58)72-38-20-34-64-63(33-19-35-67(64)72)53-40-42-59(43-41-53)76(57-27-9-3-10-28-57)60-44-39-52-21-13-14-22-54(52)49-60/h1-51H/i40D,41D,42D,43D. The van der Waals surface area contributed by atoms with Crippen molar-refractivity contribution in [2.24, 2.45) is 0 Å². The molecule has 0 radical (unpaired) electrons. The molecule has 3 nitrogen and oxygen atoms in total. The zero-order valence-electron chi connectivity index (χ0n) is 46.5. The molecule has 3 heteroatoms. The molecule has 1 aliphatic rings. The predicted molar refractivity (Wildman–Crippen MR) is 328 cm³/mol. The van der Waals surface area contributed by atoms with Crippen LogP contribution in [0.4, 0.5) is 34.1 Å². The fourth-order valence-electron chi connectivity index (χ4n) is 12.5. The largest absolute Gasteiger partial charge is 0.310 e. The summed E-state index contributed by atoms with van der Waals surface area (Å²) >= 11 is 0. The lowest BCUT2D eigenvalue weighted by Crippen LogP contribution is -2.28. The molecule has 1 heterocycles. The van der Waals surface area contributed by atoms with Gasteiger partial charge < -0.3 is 14.4 Å². The number of anilines is 6. The number of hydrogen-bond acceptors (Lipinski definition) is 2. The van der Waals surface area contributed by atoms with Crippen molar-refractivity contribution in [2.45, 2.75) is 5.41 Å². The summed E-state index contributed by atoms with van der Waals surface area (Å²) in [5.74, 6) is 0. The number of rotatable bonds is 10. The summed E-state index contributed by atoms with van der Waals surface area (Å²) in [6.07, 6.45) is 0. The Kier molecular flexibility index (Phi) is 9.77. The van der Waals surface area contributed by atoms with Crippen LogP contribution in [-0.4, -0.2) is 4.57 Å². The van der Waals surface area contributed by atoms with E-state index in [1.54, 1.807) is 0 Å². The Morgan fingerprint density at radius 3 is 1.64 bits per heavy atom. The van der Waals surface area contributed by atoms with Gasteiger partial charge in [0.05, 0.1) is 27.6 Å². The SMILES string of the molecule is [2H]c1c([2H])c(N(c2ccccc2)c2ccc3ccccc3c2)c([2H])c([2H])c1-c1cccc2c(N(c3ccc4c(c3)C(c3ccccc3)(c3ccccc3)c3ccccc3-4)c3ccc4c(c3)c3ccccc3n4-c3ccccc3)cccc12. The van der Waals surface area contributed by atoms with Crippen LogP contribution in [-0.2, 0) is 5.41 Å². The fraction of sp³-hybridized carbons (Fsp3) is 0.0133. The van der Waals surface area contributed by atoms with Gasteiger partial charge in [0.2, 0.25) is 0 Å². The first-order valence-corrected chi connectivity index (χ1v) is 26.6. The second-order valence-electron chi connectivity index (χ2n) is 20.1. The average Bonchev–Trinajstić information content (AvgIpc) is 2.95. The molecule has 1 aromatic heterocycles. The van der Waals surface area contributed by atoms with Gasteiger partial charge in [-0.1, -0.05) is 218 Å². The molecule has 0 saturated carbocycles. The number of fused-ring (bicyclic) bond motifs is 8. The van der Waals surface area contributed by atoms with Crippen LogP contribution in [0.1, 0.15) is 27.7 Å². The Morgan fingerprint density at radius 1 is 0.308 bits per heavy atom. The Balaban J connectivity index is 0.966. The summed E-state index contributed by atoms with van der Waals surface area (Å²) in [7, 11) is 0. The molecule has 0 aliphatic heterocycles. The number of para-hydroxylation sites is 3. The monoisotopic (exact) mass is 997 g/mol. The van der Waals surface area contributed by atoms with E-state index in [2.05, 4.69) is 210 Å². The van der Waals surface area contributed by atoms with Crippen molar-refractivity contribution < 1.29 is 5.48 Å². The van der Waals surface area contributed by atoms with Crippen molar-refractivity contribution in [1.82, 2.24) is 4.57 Å². The summed E-state index contributed by atoms with van der Waals surface area (Å²) in [6, 6.07) is 99.1. The van der Waals surface area contributed by atoms with Gasteiger partial charge in [0.1, 0.15) is 0 Å². The van der Waals surface area contributed by atoms with Gasteiger partial charge in [0, 0.05) is 50.3 Å². The zero-order chi connectivity index (χ0) is 55.1. The van der Waals surface area contributed by atoms with Crippen molar-refractivity contribution >= 4 is 77.5 Å². The number of aromatic nitrogens is 1. The summed E-state index contributed by atoms with van der Waals surface area (Å²) in [5, 5.41) is 5.99. The summed E-state index contributed by atoms with van der Waals surface area (Å²) in [4.78, 5) is 4.22. The molecule has 13 aromatic carbocycles. The highest BCUT2D eigenvalue weighted by molar-refractivity contribution is 6.12. The van der Waals surface area contributed by atoms with Gasteiger partial charge in [0.25, 0.3) is 0 Å². The van der Waals surface area contributed by atoms with Crippen molar-refractivity contribution in [1.29, 1.82) is 0 Å². The predicted octanol–water partition coefficient (Wildman–Crippen LogP) is 20.1. The fourth-order valence-corrected chi connectivity index (χ4v) is 12.5. The molecule has 0 unspecified atom stereocenters. The van der Waals surface area contributed by atoms with Gasteiger partial charge in [-0.2, -0.15) is 0 Å². The molecule has 14 aromatic rings. The minimum Gasteiger partial charge on any atom is -0.310 e. The third kappa shape index (κ3) is 7.20. The molecular weight excluding hydrogens is 943 g/mol. The number of benzene rings is 13. The Bertz CT molecular complexity index is 4740. The summed E-state index contributed by atoms with van der Waals surface area (Å²) in [5.41, 5.74) is 15.0. The van der Waals surface area contributed by atoms with E-state index in [9.17, 15) is 5.48 Å². The minimum absolute atomic E-state index is 0.121. The molecule has 0 saturated heterocycles. The maximum absolute atomic E-state index is 9.93. The second kappa shape index (κ2) is 18.6. The summed E-state index contributed by atoms with van der Waals surface area (Å²) < 4.78 is 41.9. The third-order valence-electron chi connectivity index (χ3n) is 15.9. The number of nitrogens with zero attached hydrogens (tertiary/aromatic N) is 3. The van der Waals surface area contributed by atoms with Gasteiger partial charge in [-0.05, 0) is 152 Å². The smallest absolute Gasteiger partial charge is 0.0714 e. The van der Waals surface area contributed by atoms with Gasteiger partial charge >= 0.3 is 0 Å². The van der Waals surface area contributed by atoms with E-state index in [4.69, 9.17) is 0 Å². The lowest BCUT2D eigenvalue weighted by molar-refractivity contribution is 0.768. The van der Waals surface area contributed by atoms with E-state index in [1.165, 1.54) is 33.4 Å². The van der Waals surface area contributed by atoms with Crippen molar-refractivity contribution in [2.75, 3.05) is 9.80 Å². The molecule has 0 spiro atoms. The lowest BCUT2D eigenvalue weighted by atomic mass is 9.67. The first-order valence-electron chi connectivity index (χ1n) is 28.6. The Hall–Kier alpha value is -10.2. The molecule has 0 amide bonds. The van der Waals surface area contributed by atoms with Gasteiger partial charge in [-0.15, -0.1) is 0 Å². The normalized spacial score (nSPS) is 13.2. The van der Waals surface area contributed by atoms with Crippen molar-refractivity contribution in [3.05, 3.63) is 332 Å². The molecule has 1 aliphatic carbocycles. The van der Waals surface area contributed by atoms with Crippen LogP contribution < -0.4 is 9.80 Å². The van der Waals surface area contributed by atoms with E-state index in [-0.39, 0.29) is 35.4 Å². The van der Waals surface area contributed by atoms with Crippen LogP contribution in [0.2, 0.25) is 0 Å². The molecule has 0 bridgehead atoms. The van der Waals surface area contributed by atoms with Crippen LogP contribution in [0.25, 0.3) is 71.3 Å². The molecule has 0 fully saturated rings. The molecule has 0 N–H and O–H groups in total. The third-order valence-corrected chi connectivity index (χ3v) is 15.9. The quantitative estimate of drug-likeness (QED) is 0.135.